The minimum Gasteiger partial charge on any atom is -0.444 e. The van der Waals surface area contributed by atoms with Crippen LogP contribution in [0.4, 0.5) is 14.9 Å². The number of hydrogen-bond donors (Lipinski definition) is 2. The lowest BCUT2D eigenvalue weighted by molar-refractivity contribution is -0.135. The Bertz CT molecular complexity index is 1160. The number of halogens is 2. The molecule has 11 heteroatoms. The van der Waals surface area contributed by atoms with Crippen molar-refractivity contribution in [3.63, 3.8) is 0 Å². The third-order valence-corrected chi connectivity index (χ3v) is 5.33. The van der Waals surface area contributed by atoms with Gasteiger partial charge in [0.1, 0.15) is 22.9 Å². The number of hydrogen-bond acceptors (Lipinski definition) is 6. The molecule has 1 aliphatic rings. The van der Waals surface area contributed by atoms with Crippen molar-refractivity contribution in [3.05, 3.63) is 58.1 Å². The average Bonchev–Trinajstić information content (AvgIpc) is 2.72. The number of anilines is 1. The van der Waals surface area contributed by atoms with E-state index in [0.29, 0.717) is 0 Å². The fraction of sp³-hybridized carbons (Fsp3) is 0.348. The number of pyridine rings is 1. The minimum absolute atomic E-state index is 0.0148. The zero-order chi connectivity index (χ0) is 25.3. The Hall–Kier alpha value is -3.34. The van der Waals surface area contributed by atoms with Gasteiger partial charge in [-0.15, -0.1) is 0 Å². The van der Waals surface area contributed by atoms with Crippen LogP contribution in [0.3, 0.4) is 0 Å². The normalized spacial score (nSPS) is 18.3. The monoisotopic (exact) mass is 533 g/mol. The van der Waals surface area contributed by atoms with Gasteiger partial charge in [-0.05, 0) is 74.0 Å². The number of carbonyl (C=O) groups is 3. The maximum absolute atomic E-state index is 14.9. The smallest absolute Gasteiger partial charge is 0.413 e. The molecular weight excluding hydrogens is 509 g/mol. The molecule has 0 saturated heterocycles. The standard InChI is InChI=1S/C23H25BrFN5O4/c1-22(2,3)34-21(33)28-18-12-30(5)20(32)23(4,29-18)15-10-14(7-8-16(15)25)27-19(31)17-9-6-13(24)11-26-17/h6-11H,12H2,1-5H3,(H,27,31)(H,28,29,33). The number of carbonyl (C=O) groups excluding carboxylic acids is 3. The van der Waals surface area contributed by atoms with Crippen molar-refractivity contribution in [1.29, 1.82) is 0 Å². The molecule has 3 rings (SSSR count). The molecule has 3 amide bonds. The van der Waals surface area contributed by atoms with Gasteiger partial charge in [0.25, 0.3) is 11.8 Å². The third kappa shape index (κ3) is 5.77. The van der Waals surface area contributed by atoms with Crippen molar-refractivity contribution < 1.29 is 23.5 Å². The van der Waals surface area contributed by atoms with Crippen LogP contribution >= 0.6 is 15.9 Å². The SMILES string of the molecule is CN1CC(NC(=O)OC(C)(C)C)=NC(C)(c2cc(NC(=O)c3ccc(Br)cn3)ccc2F)C1=O. The number of aromatic nitrogens is 1. The molecule has 2 N–H and O–H groups in total. The number of rotatable bonds is 3. The molecule has 0 radical (unpaired) electrons. The van der Waals surface area contributed by atoms with Gasteiger partial charge in [-0.25, -0.2) is 19.2 Å². The first kappa shape index (κ1) is 25.3. The summed E-state index contributed by atoms with van der Waals surface area (Å²) < 4.78 is 20.9. The number of amidine groups is 1. The maximum Gasteiger partial charge on any atom is 0.413 e. The summed E-state index contributed by atoms with van der Waals surface area (Å²) in [4.78, 5) is 47.5. The highest BCUT2D eigenvalue weighted by Gasteiger charge is 2.43. The van der Waals surface area contributed by atoms with E-state index in [2.05, 4.69) is 36.5 Å². The second kappa shape index (κ2) is 9.49. The number of benzene rings is 1. The van der Waals surface area contributed by atoms with Crippen LogP contribution in [-0.2, 0) is 15.1 Å². The lowest BCUT2D eigenvalue weighted by Crippen LogP contribution is -2.53. The molecule has 9 nitrogen and oxygen atoms in total. The topological polar surface area (TPSA) is 113 Å². The van der Waals surface area contributed by atoms with Gasteiger partial charge in [-0.1, -0.05) is 0 Å². The summed E-state index contributed by atoms with van der Waals surface area (Å²) in [5, 5.41) is 5.18. The highest BCUT2D eigenvalue weighted by Crippen LogP contribution is 2.34. The molecule has 1 aromatic carbocycles. The van der Waals surface area contributed by atoms with Crippen molar-refractivity contribution >= 4 is 45.4 Å². The summed E-state index contributed by atoms with van der Waals surface area (Å²) >= 11 is 3.25. The minimum atomic E-state index is -1.68. The summed E-state index contributed by atoms with van der Waals surface area (Å²) in [5.41, 5.74) is -2.06. The summed E-state index contributed by atoms with van der Waals surface area (Å²) in [6.45, 7) is 6.61. The van der Waals surface area contributed by atoms with Crippen LogP contribution in [0.2, 0.25) is 0 Å². The Morgan fingerprint density at radius 3 is 2.53 bits per heavy atom. The van der Waals surface area contributed by atoms with Gasteiger partial charge in [0.2, 0.25) is 0 Å². The Balaban J connectivity index is 1.92. The van der Waals surface area contributed by atoms with Crippen LogP contribution in [0.1, 0.15) is 43.7 Å². The molecule has 1 aliphatic heterocycles. The van der Waals surface area contributed by atoms with E-state index in [1.807, 2.05) is 0 Å². The van der Waals surface area contributed by atoms with Gasteiger partial charge in [0, 0.05) is 29.0 Å². The largest absolute Gasteiger partial charge is 0.444 e. The van der Waals surface area contributed by atoms with E-state index >= 15 is 0 Å². The van der Waals surface area contributed by atoms with Gasteiger partial charge in [0.15, 0.2) is 5.54 Å². The Labute approximate surface area is 204 Å². The van der Waals surface area contributed by atoms with Crippen LogP contribution in [0.15, 0.2) is 46.0 Å². The maximum atomic E-state index is 14.9. The molecule has 0 aliphatic carbocycles. The quantitative estimate of drug-likeness (QED) is 0.622. The first-order valence-electron chi connectivity index (χ1n) is 10.4. The Morgan fingerprint density at radius 2 is 1.91 bits per heavy atom. The van der Waals surface area contributed by atoms with E-state index < -0.39 is 34.9 Å². The summed E-state index contributed by atoms with van der Waals surface area (Å²) in [6.07, 6.45) is 0.746. The Morgan fingerprint density at radius 1 is 1.21 bits per heavy atom. The zero-order valence-electron chi connectivity index (χ0n) is 19.4. The first-order valence-corrected chi connectivity index (χ1v) is 11.1. The lowest BCUT2D eigenvalue weighted by Gasteiger charge is -2.36. The molecule has 2 aromatic rings. The predicted octanol–water partition coefficient (Wildman–Crippen LogP) is 3.85. The first-order chi connectivity index (χ1) is 15.8. The highest BCUT2D eigenvalue weighted by atomic mass is 79.9. The fourth-order valence-electron chi connectivity index (χ4n) is 3.37. The highest BCUT2D eigenvalue weighted by molar-refractivity contribution is 9.10. The fourth-order valence-corrected chi connectivity index (χ4v) is 3.60. The molecule has 0 saturated carbocycles. The molecule has 0 bridgehead atoms. The summed E-state index contributed by atoms with van der Waals surface area (Å²) in [6, 6.07) is 7.06. The van der Waals surface area contributed by atoms with Gasteiger partial charge < -0.3 is 15.0 Å². The molecule has 1 unspecified atom stereocenters. The molecule has 1 atom stereocenters. The number of nitrogens with one attached hydrogen (secondary N) is 2. The average molecular weight is 534 g/mol. The predicted molar refractivity (Wildman–Crippen MR) is 128 cm³/mol. The number of alkyl carbamates (subject to hydrolysis) is 1. The second-order valence-electron chi connectivity index (χ2n) is 8.93. The van der Waals surface area contributed by atoms with E-state index in [1.165, 1.54) is 43.3 Å². The molecule has 0 spiro atoms. The number of aliphatic imine (C=N–C) groups is 1. The molecule has 2 heterocycles. The van der Waals surface area contributed by atoms with Gasteiger partial charge in [0.05, 0.1) is 6.54 Å². The summed E-state index contributed by atoms with van der Waals surface area (Å²) in [5.74, 6) is -1.52. The van der Waals surface area contributed by atoms with Crippen LogP contribution in [0.5, 0.6) is 0 Å². The van der Waals surface area contributed by atoms with E-state index in [4.69, 9.17) is 4.74 Å². The van der Waals surface area contributed by atoms with Crippen LogP contribution in [0.25, 0.3) is 0 Å². The van der Waals surface area contributed by atoms with E-state index in [-0.39, 0.29) is 29.3 Å². The molecule has 34 heavy (non-hydrogen) atoms. The lowest BCUT2D eigenvalue weighted by atomic mass is 9.89. The third-order valence-electron chi connectivity index (χ3n) is 4.86. The Kier molecular flexibility index (Phi) is 7.06. The van der Waals surface area contributed by atoms with Crippen molar-refractivity contribution in [2.24, 2.45) is 4.99 Å². The molecule has 0 fully saturated rings. The van der Waals surface area contributed by atoms with Crippen molar-refractivity contribution in [3.8, 4) is 0 Å². The van der Waals surface area contributed by atoms with Crippen LogP contribution in [-0.4, -0.2) is 52.8 Å². The van der Waals surface area contributed by atoms with Crippen LogP contribution in [0, 0.1) is 5.82 Å². The van der Waals surface area contributed by atoms with E-state index in [1.54, 1.807) is 26.8 Å². The second-order valence-corrected chi connectivity index (χ2v) is 9.84. The van der Waals surface area contributed by atoms with Crippen LogP contribution < -0.4 is 10.6 Å². The number of nitrogens with zero attached hydrogens (tertiary/aromatic N) is 3. The summed E-state index contributed by atoms with van der Waals surface area (Å²) in [7, 11) is 1.52. The van der Waals surface area contributed by atoms with Gasteiger partial charge >= 0.3 is 6.09 Å². The number of ether oxygens (including phenoxy) is 1. The van der Waals surface area contributed by atoms with E-state index in [9.17, 15) is 18.8 Å². The van der Waals surface area contributed by atoms with Crippen molar-refractivity contribution in [1.82, 2.24) is 15.2 Å². The van der Waals surface area contributed by atoms with E-state index in [0.717, 1.165) is 10.5 Å². The molecule has 180 valence electrons. The molecule has 1 aromatic heterocycles. The van der Waals surface area contributed by atoms with Gasteiger partial charge in [-0.3, -0.25) is 14.9 Å². The zero-order valence-corrected chi connectivity index (χ0v) is 21.0. The van der Waals surface area contributed by atoms with Gasteiger partial charge in [-0.2, -0.15) is 0 Å². The van der Waals surface area contributed by atoms with Crippen molar-refractivity contribution in [2.75, 3.05) is 18.9 Å². The number of amides is 3. The molecular formula is C23H25BrFN5O4. The van der Waals surface area contributed by atoms with Crippen molar-refractivity contribution in [2.45, 2.75) is 38.8 Å². The number of likely N-dealkylation sites (N-methyl/N-ethyl adjacent to an activating group) is 1.